The summed E-state index contributed by atoms with van der Waals surface area (Å²) in [5.74, 6) is 0. The molecule has 3 heteroatoms. The van der Waals surface area contributed by atoms with Crippen LogP contribution in [0.15, 0.2) is 140 Å². The van der Waals surface area contributed by atoms with Crippen molar-refractivity contribution < 1.29 is 0 Å². The van der Waals surface area contributed by atoms with Gasteiger partial charge in [0.2, 0.25) is 0 Å². The minimum Gasteiger partial charge on any atom is -0.313 e. The minimum atomic E-state index is -0.822. The van der Waals surface area contributed by atoms with Crippen molar-refractivity contribution in [1.29, 1.82) is 0 Å². The molecule has 0 saturated heterocycles. The maximum Gasteiger partial charge on any atom is 0.0590 e. The van der Waals surface area contributed by atoms with Crippen LogP contribution in [-0.2, 0) is 12.8 Å². The SMILES string of the molecule is c1ccc(P(c2ccccc2)N(c2cccc3c2CCC3)P(c2ccccc2)c2ccccc2)cc1. The van der Waals surface area contributed by atoms with E-state index in [-0.39, 0.29) is 0 Å². The third-order valence-electron chi connectivity index (χ3n) is 6.72. The first kappa shape index (κ1) is 23.2. The average Bonchev–Trinajstić information content (AvgIpc) is 3.44. The number of fused-ring (bicyclic) bond motifs is 1. The van der Waals surface area contributed by atoms with Crippen molar-refractivity contribution in [2.75, 3.05) is 4.44 Å². The highest BCUT2D eigenvalue weighted by Gasteiger charge is 2.34. The predicted molar refractivity (Wildman–Crippen MR) is 159 cm³/mol. The molecule has 0 saturated carbocycles. The summed E-state index contributed by atoms with van der Waals surface area (Å²) in [6.07, 6.45) is 3.57. The Kier molecular flexibility index (Phi) is 6.95. The summed E-state index contributed by atoms with van der Waals surface area (Å²) in [5, 5.41) is 5.53. The summed E-state index contributed by atoms with van der Waals surface area (Å²) in [6.45, 7) is 0. The quantitative estimate of drug-likeness (QED) is 0.216. The van der Waals surface area contributed by atoms with Crippen molar-refractivity contribution >= 4 is 43.1 Å². The lowest BCUT2D eigenvalue weighted by atomic mass is 10.1. The smallest absolute Gasteiger partial charge is 0.0590 e. The molecule has 0 N–H and O–H groups in total. The van der Waals surface area contributed by atoms with Crippen molar-refractivity contribution in [3.63, 3.8) is 0 Å². The molecule has 1 aliphatic rings. The Balaban J connectivity index is 1.66. The zero-order valence-electron chi connectivity index (χ0n) is 20.2. The van der Waals surface area contributed by atoms with Crippen LogP contribution in [0.3, 0.4) is 0 Å². The fourth-order valence-electron chi connectivity index (χ4n) is 5.10. The van der Waals surface area contributed by atoms with E-state index in [2.05, 4.69) is 144 Å². The summed E-state index contributed by atoms with van der Waals surface area (Å²) in [7, 11) is -1.64. The molecule has 0 bridgehead atoms. The van der Waals surface area contributed by atoms with E-state index in [1.165, 1.54) is 50.9 Å². The molecule has 0 spiro atoms. The van der Waals surface area contributed by atoms with Gasteiger partial charge in [-0.25, -0.2) is 0 Å². The summed E-state index contributed by atoms with van der Waals surface area (Å²) in [6, 6.07) is 51.6. The molecule has 176 valence electrons. The van der Waals surface area contributed by atoms with Crippen LogP contribution in [0.5, 0.6) is 0 Å². The number of hydrogen-bond acceptors (Lipinski definition) is 1. The lowest BCUT2D eigenvalue weighted by molar-refractivity contribution is 0.912. The van der Waals surface area contributed by atoms with E-state index in [0.717, 1.165) is 6.42 Å². The fraction of sp³-hybridized carbons (Fsp3) is 0.0909. The molecule has 0 amide bonds. The van der Waals surface area contributed by atoms with E-state index in [1.54, 1.807) is 0 Å². The molecule has 0 atom stereocenters. The van der Waals surface area contributed by atoms with Gasteiger partial charge in [-0.05, 0) is 36.5 Å². The minimum absolute atomic E-state index is 0.822. The number of aryl methyl sites for hydroxylation is 1. The lowest BCUT2D eigenvalue weighted by Gasteiger charge is -2.41. The molecule has 5 aromatic carbocycles. The average molecular weight is 502 g/mol. The van der Waals surface area contributed by atoms with Gasteiger partial charge in [-0.3, -0.25) is 0 Å². The fourth-order valence-corrected chi connectivity index (χ4v) is 11.2. The molecular formula is C33H29NP2. The van der Waals surface area contributed by atoms with Crippen molar-refractivity contribution in [3.05, 3.63) is 151 Å². The summed E-state index contributed by atoms with van der Waals surface area (Å²) >= 11 is 0. The second-order valence-electron chi connectivity index (χ2n) is 9.02. The predicted octanol–water partition coefficient (Wildman–Crippen LogP) is 7.08. The van der Waals surface area contributed by atoms with Gasteiger partial charge in [0.05, 0.1) is 16.1 Å². The summed E-state index contributed by atoms with van der Waals surface area (Å²) in [4.78, 5) is 0. The second kappa shape index (κ2) is 10.8. The van der Waals surface area contributed by atoms with E-state index >= 15 is 0 Å². The molecule has 0 aromatic heterocycles. The van der Waals surface area contributed by atoms with Crippen molar-refractivity contribution in [1.82, 2.24) is 0 Å². The van der Waals surface area contributed by atoms with E-state index in [9.17, 15) is 0 Å². The first-order valence-corrected chi connectivity index (χ1v) is 15.2. The van der Waals surface area contributed by atoms with Crippen LogP contribution in [0, 0.1) is 0 Å². The van der Waals surface area contributed by atoms with E-state index in [4.69, 9.17) is 0 Å². The van der Waals surface area contributed by atoms with Crippen LogP contribution < -0.4 is 25.7 Å². The molecule has 1 aliphatic carbocycles. The van der Waals surface area contributed by atoms with Crippen LogP contribution in [0.4, 0.5) is 5.69 Å². The van der Waals surface area contributed by atoms with Gasteiger partial charge >= 0.3 is 0 Å². The Bertz CT molecular complexity index is 1240. The third kappa shape index (κ3) is 4.62. The van der Waals surface area contributed by atoms with Gasteiger partial charge in [0.15, 0.2) is 0 Å². The molecule has 0 fully saturated rings. The molecule has 1 nitrogen and oxygen atoms in total. The van der Waals surface area contributed by atoms with Crippen LogP contribution in [0.2, 0.25) is 0 Å². The van der Waals surface area contributed by atoms with Crippen LogP contribution in [0.25, 0.3) is 0 Å². The normalized spacial score (nSPS) is 12.6. The molecule has 0 radical (unpaired) electrons. The topological polar surface area (TPSA) is 3.24 Å². The molecule has 36 heavy (non-hydrogen) atoms. The summed E-state index contributed by atoms with van der Waals surface area (Å²) < 4.78 is 2.82. The zero-order chi connectivity index (χ0) is 24.2. The van der Waals surface area contributed by atoms with E-state index in [0.29, 0.717) is 0 Å². The van der Waals surface area contributed by atoms with Crippen molar-refractivity contribution in [2.45, 2.75) is 19.3 Å². The first-order valence-electron chi connectivity index (χ1n) is 12.6. The van der Waals surface area contributed by atoms with Crippen LogP contribution in [0.1, 0.15) is 17.5 Å². The van der Waals surface area contributed by atoms with Gasteiger partial charge < -0.3 is 4.44 Å². The highest BCUT2D eigenvalue weighted by molar-refractivity contribution is 7.90. The molecule has 6 rings (SSSR count). The Labute approximate surface area is 217 Å². The van der Waals surface area contributed by atoms with Gasteiger partial charge in [-0.1, -0.05) is 133 Å². The van der Waals surface area contributed by atoms with Gasteiger partial charge in [-0.2, -0.15) is 0 Å². The molecule has 5 aromatic rings. The molecule has 0 unspecified atom stereocenters. The van der Waals surface area contributed by atoms with Gasteiger partial charge in [0.1, 0.15) is 0 Å². The number of anilines is 1. The zero-order valence-corrected chi connectivity index (χ0v) is 22.0. The monoisotopic (exact) mass is 501 g/mol. The summed E-state index contributed by atoms with van der Waals surface area (Å²) in [5.41, 5.74) is 4.46. The molecule has 0 aliphatic heterocycles. The highest BCUT2D eigenvalue weighted by Crippen LogP contribution is 2.58. The molecule has 0 heterocycles. The Morgan fingerprint density at radius 2 is 0.833 bits per heavy atom. The number of nitrogens with zero attached hydrogens (tertiary/aromatic N) is 1. The van der Waals surface area contributed by atoms with Gasteiger partial charge in [0, 0.05) is 26.9 Å². The van der Waals surface area contributed by atoms with E-state index in [1.807, 2.05) is 0 Å². The maximum absolute atomic E-state index is 2.82. The van der Waals surface area contributed by atoms with E-state index < -0.39 is 16.1 Å². The number of hydrogen-bond donors (Lipinski definition) is 0. The Hall–Kier alpha value is -3.24. The number of benzene rings is 5. The van der Waals surface area contributed by atoms with Gasteiger partial charge in [-0.15, -0.1) is 0 Å². The van der Waals surface area contributed by atoms with Crippen molar-refractivity contribution in [2.24, 2.45) is 0 Å². The maximum atomic E-state index is 2.82. The second-order valence-corrected chi connectivity index (χ2v) is 13.5. The Morgan fingerprint density at radius 3 is 1.25 bits per heavy atom. The van der Waals surface area contributed by atoms with Crippen LogP contribution >= 0.6 is 16.1 Å². The Morgan fingerprint density at radius 1 is 0.417 bits per heavy atom. The van der Waals surface area contributed by atoms with Crippen LogP contribution in [-0.4, -0.2) is 0 Å². The lowest BCUT2D eigenvalue weighted by Crippen LogP contribution is -2.32. The molecular weight excluding hydrogens is 472 g/mol. The largest absolute Gasteiger partial charge is 0.313 e. The highest BCUT2D eigenvalue weighted by atomic mass is 31.2. The number of rotatable bonds is 7. The standard InChI is InChI=1S/C33H29NP2/c1-5-17-28(18-6-1)35(29-19-7-2-8-20-29)34(33-26-14-16-27-15-13-25-32(27)33)36(30-21-9-3-10-22-30)31-23-11-4-12-24-31/h1-12,14,16-24,26H,13,15,25H2. The van der Waals surface area contributed by atoms with Crippen molar-refractivity contribution in [3.8, 4) is 0 Å². The first-order chi connectivity index (χ1) is 17.9. The third-order valence-corrected chi connectivity index (χ3v) is 12.1. The van der Waals surface area contributed by atoms with Gasteiger partial charge in [0.25, 0.3) is 0 Å².